The maximum absolute atomic E-state index is 11.7. The number of hydrogen-bond acceptors (Lipinski definition) is 5. The number of rotatable bonds is 6. The number of hydrogen-bond donors (Lipinski definition) is 5. The molecule has 0 radical (unpaired) electrons. The number of carbonyl (C=O) groups excluding carboxylic acids is 1. The average molecular weight is 218 g/mol. The third-order valence-electron chi connectivity index (χ3n) is 3.01. The van der Waals surface area contributed by atoms with Gasteiger partial charge in [-0.15, -0.1) is 0 Å². The van der Waals surface area contributed by atoms with Gasteiger partial charge in [-0.05, 0) is 12.8 Å². The Bertz CT molecular complexity index is 228. The van der Waals surface area contributed by atoms with Crippen molar-refractivity contribution in [3.8, 4) is 0 Å². The number of nitrogens with one attached hydrogen (secondary N) is 1. The van der Waals surface area contributed by atoms with E-state index in [9.17, 15) is 4.79 Å². The highest BCUT2D eigenvalue weighted by molar-refractivity contribution is 5.86. The molecule has 1 aliphatic carbocycles. The van der Waals surface area contributed by atoms with Crippen LogP contribution in [0.3, 0.4) is 0 Å². The van der Waals surface area contributed by atoms with Gasteiger partial charge in [-0.3, -0.25) is 4.79 Å². The van der Waals surface area contributed by atoms with Crippen molar-refractivity contribution >= 4 is 5.91 Å². The van der Waals surface area contributed by atoms with Gasteiger partial charge in [0.15, 0.2) is 0 Å². The summed E-state index contributed by atoms with van der Waals surface area (Å²) in [6.07, 6.45) is 1.43. The van der Waals surface area contributed by atoms with Crippen LogP contribution in [0.4, 0.5) is 0 Å². The van der Waals surface area contributed by atoms with Gasteiger partial charge in [-0.25, -0.2) is 0 Å². The van der Waals surface area contributed by atoms with Crippen LogP contribution in [0.2, 0.25) is 0 Å². The van der Waals surface area contributed by atoms with Crippen molar-refractivity contribution in [2.24, 2.45) is 11.1 Å². The van der Waals surface area contributed by atoms with E-state index in [2.05, 4.69) is 5.32 Å². The molecule has 15 heavy (non-hydrogen) atoms. The van der Waals surface area contributed by atoms with Gasteiger partial charge in [0.1, 0.15) is 5.54 Å². The molecule has 6 heteroatoms. The molecule has 1 saturated carbocycles. The molecule has 1 rings (SSSR count). The highest BCUT2D eigenvalue weighted by atomic mass is 16.3. The lowest BCUT2D eigenvalue weighted by molar-refractivity contribution is -0.130. The van der Waals surface area contributed by atoms with Crippen LogP contribution in [0.1, 0.15) is 12.8 Å². The van der Waals surface area contributed by atoms with Crippen LogP contribution in [0.25, 0.3) is 0 Å². The molecule has 88 valence electrons. The second kappa shape index (κ2) is 4.44. The van der Waals surface area contributed by atoms with Gasteiger partial charge in [0.05, 0.1) is 25.2 Å². The van der Waals surface area contributed by atoms with Crippen LogP contribution in [0.15, 0.2) is 0 Å². The largest absolute Gasteiger partial charge is 0.394 e. The van der Waals surface area contributed by atoms with E-state index in [0.29, 0.717) is 12.8 Å². The van der Waals surface area contributed by atoms with Gasteiger partial charge < -0.3 is 26.4 Å². The molecular formula is C9H18N2O4. The van der Waals surface area contributed by atoms with Crippen molar-refractivity contribution in [1.29, 1.82) is 0 Å². The lowest BCUT2D eigenvalue weighted by Gasteiger charge is -2.30. The van der Waals surface area contributed by atoms with Crippen molar-refractivity contribution in [3.05, 3.63) is 0 Å². The fraction of sp³-hybridized carbons (Fsp3) is 0.889. The highest BCUT2D eigenvalue weighted by Gasteiger charge is 2.50. The standard InChI is InChI=1S/C9H18N2O4/c10-3-8(1-2-8)7(15)11-9(4-12,5-13)6-14/h12-14H,1-6,10H2,(H,11,15). The van der Waals surface area contributed by atoms with Crippen LogP contribution in [-0.2, 0) is 4.79 Å². The van der Waals surface area contributed by atoms with E-state index >= 15 is 0 Å². The summed E-state index contributed by atoms with van der Waals surface area (Å²) in [5.74, 6) is -0.304. The molecule has 1 amide bonds. The molecule has 0 unspecified atom stereocenters. The summed E-state index contributed by atoms with van der Waals surface area (Å²) >= 11 is 0. The zero-order chi connectivity index (χ0) is 11.5. The van der Waals surface area contributed by atoms with E-state index in [4.69, 9.17) is 21.1 Å². The zero-order valence-corrected chi connectivity index (χ0v) is 8.57. The average Bonchev–Trinajstić information content (AvgIpc) is 3.07. The first-order valence-corrected chi connectivity index (χ1v) is 4.93. The first-order valence-electron chi connectivity index (χ1n) is 4.93. The molecule has 6 N–H and O–H groups in total. The van der Waals surface area contributed by atoms with Gasteiger partial charge in [0.2, 0.25) is 5.91 Å². The topological polar surface area (TPSA) is 116 Å². The Hall–Kier alpha value is -0.690. The summed E-state index contributed by atoms with van der Waals surface area (Å²) in [4.78, 5) is 11.7. The van der Waals surface area contributed by atoms with E-state index in [1.807, 2.05) is 0 Å². The predicted octanol–water partition coefficient (Wildman–Crippen LogP) is -2.44. The summed E-state index contributed by atoms with van der Waals surface area (Å²) in [6.45, 7) is -1.28. The second-order valence-electron chi connectivity index (χ2n) is 4.19. The molecule has 0 aromatic rings. The maximum Gasteiger partial charge on any atom is 0.228 e. The van der Waals surface area contributed by atoms with E-state index in [1.54, 1.807) is 0 Å². The fourth-order valence-electron chi connectivity index (χ4n) is 1.32. The smallest absolute Gasteiger partial charge is 0.228 e. The van der Waals surface area contributed by atoms with E-state index < -0.39 is 30.8 Å². The molecule has 6 nitrogen and oxygen atoms in total. The minimum Gasteiger partial charge on any atom is -0.394 e. The highest BCUT2D eigenvalue weighted by Crippen LogP contribution is 2.44. The first kappa shape index (κ1) is 12.4. The molecule has 0 heterocycles. The monoisotopic (exact) mass is 218 g/mol. The molecule has 0 saturated heterocycles. The number of carbonyl (C=O) groups is 1. The van der Waals surface area contributed by atoms with Crippen molar-refractivity contribution in [1.82, 2.24) is 5.32 Å². The molecule has 1 aliphatic rings. The molecular weight excluding hydrogens is 200 g/mol. The molecule has 0 aromatic heterocycles. The van der Waals surface area contributed by atoms with E-state index in [-0.39, 0.29) is 12.5 Å². The third kappa shape index (κ3) is 2.28. The number of aliphatic hydroxyl groups is 3. The number of nitrogens with two attached hydrogens (primary N) is 1. The Morgan fingerprint density at radius 1 is 1.27 bits per heavy atom. The van der Waals surface area contributed by atoms with Crippen molar-refractivity contribution in [2.45, 2.75) is 18.4 Å². The Morgan fingerprint density at radius 2 is 1.73 bits per heavy atom. The van der Waals surface area contributed by atoms with Crippen molar-refractivity contribution in [2.75, 3.05) is 26.4 Å². The summed E-state index contributed by atoms with van der Waals surface area (Å²) in [5, 5.41) is 29.5. The molecule has 0 aromatic carbocycles. The summed E-state index contributed by atoms with van der Waals surface area (Å²) < 4.78 is 0. The lowest BCUT2D eigenvalue weighted by Crippen LogP contribution is -2.59. The molecule has 0 aliphatic heterocycles. The van der Waals surface area contributed by atoms with Crippen LogP contribution >= 0.6 is 0 Å². The van der Waals surface area contributed by atoms with Crippen LogP contribution in [0, 0.1) is 5.41 Å². The van der Waals surface area contributed by atoms with Crippen LogP contribution < -0.4 is 11.1 Å². The molecule has 1 fully saturated rings. The van der Waals surface area contributed by atoms with Gasteiger partial charge in [0, 0.05) is 6.54 Å². The number of aliphatic hydroxyl groups excluding tert-OH is 3. The summed E-state index contributed by atoms with van der Waals surface area (Å²) in [6, 6.07) is 0. The van der Waals surface area contributed by atoms with Gasteiger partial charge in [0.25, 0.3) is 0 Å². The van der Waals surface area contributed by atoms with E-state index in [0.717, 1.165) is 0 Å². The van der Waals surface area contributed by atoms with Crippen LogP contribution in [0.5, 0.6) is 0 Å². The maximum atomic E-state index is 11.7. The van der Waals surface area contributed by atoms with Crippen molar-refractivity contribution in [3.63, 3.8) is 0 Å². The molecule has 0 spiro atoms. The van der Waals surface area contributed by atoms with Gasteiger partial charge in [-0.2, -0.15) is 0 Å². The minimum absolute atomic E-state index is 0.247. The Balaban J connectivity index is 2.63. The number of amides is 1. The molecule has 0 atom stereocenters. The molecule has 0 bridgehead atoms. The predicted molar refractivity (Wildman–Crippen MR) is 52.9 cm³/mol. The van der Waals surface area contributed by atoms with Gasteiger partial charge in [-0.1, -0.05) is 0 Å². The van der Waals surface area contributed by atoms with Gasteiger partial charge >= 0.3 is 0 Å². The Kier molecular flexibility index (Phi) is 3.67. The minimum atomic E-state index is -1.35. The fourth-order valence-corrected chi connectivity index (χ4v) is 1.32. The van der Waals surface area contributed by atoms with Crippen molar-refractivity contribution < 1.29 is 20.1 Å². The normalized spacial score (nSPS) is 18.7. The first-order chi connectivity index (χ1) is 7.08. The summed E-state index contributed by atoms with van der Waals surface area (Å²) in [7, 11) is 0. The summed E-state index contributed by atoms with van der Waals surface area (Å²) in [5.41, 5.74) is 3.57. The van der Waals surface area contributed by atoms with Crippen LogP contribution in [-0.4, -0.2) is 53.1 Å². The van der Waals surface area contributed by atoms with E-state index in [1.165, 1.54) is 0 Å². The quantitative estimate of drug-likeness (QED) is 0.339. The lowest BCUT2D eigenvalue weighted by atomic mass is 9.99. The zero-order valence-electron chi connectivity index (χ0n) is 8.57. The Morgan fingerprint density at radius 3 is 2.00 bits per heavy atom. The third-order valence-corrected chi connectivity index (χ3v) is 3.01. The second-order valence-corrected chi connectivity index (χ2v) is 4.19. The SMILES string of the molecule is NCC1(C(=O)NC(CO)(CO)CO)CC1. The Labute approximate surface area is 88.1 Å².